The third kappa shape index (κ3) is 3.73. The molecule has 3 rings (SSSR count). The Morgan fingerprint density at radius 2 is 2.12 bits per heavy atom. The molecule has 0 atom stereocenters. The summed E-state index contributed by atoms with van der Waals surface area (Å²) in [4.78, 5) is 18.1. The van der Waals surface area contributed by atoms with Gasteiger partial charge in [0, 0.05) is 25.6 Å². The number of amides is 1. The Morgan fingerprint density at radius 3 is 2.83 bits per heavy atom. The van der Waals surface area contributed by atoms with Gasteiger partial charge < -0.3 is 13.8 Å². The third-order valence-electron chi connectivity index (χ3n) is 3.53. The van der Waals surface area contributed by atoms with Crippen molar-refractivity contribution in [3.8, 4) is 11.5 Å². The van der Waals surface area contributed by atoms with E-state index in [-0.39, 0.29) is 11.7 Å². The maximum Gasteiger partial charge on any atom is 0.289 e. The van der Waals surface area contributed by atoms with Crippen LogP contribution in [0.1, 0.15) is 21.9 Å². The number of hydrogen-bond acceptors (Lipinski definition) is 5. The van der Waals surface area contributed by atoms with Gasteiger partial charge in [-0.2, -0.15) is 4.98 Å². The van der Waals surface area contributed by atoms with Crippen LogP contribution in [0.3, 0.4) is 0 Å². The molecule has 3 aromatic rings. The molecule has 24 heavy (non-hydrogen) atoms. The van der Waals surface area contributed by atoms with E-state index in [9.17, 15) is 4.79 Å². The summed E-state index contributed by atoms with van der Waals surface area (Å²) in [6.07, 6.45) is 0.499. The molecule has 0 aliphatic rings. The molecule has 0 N–H and O–H groups in total. The summed E-state index contributed by atoms with van der Waals surface area (Å²) in [6, 6.07) is 11.2. The SMILES string of the molecule is Cc1cccc(-c2nc(CCN(C)C(=O)c3ccc(Br)o3)no2)c1. The van der Waals surface area contributed by atoms with Crippen molar-refractivity contribution in [2.45, 2.75) is 13.3 Å². The number of aryl methyl sites for hydroxylation is 1. The number of hydrogen-bond donors (Lipinski definition) is 0. The van der Waals surface area contributed by atoms with Crippen molar-refractivity contribution in [2.24, 2.45) is 0 Å². The van der Waals surface area contributed by atoms with Crippen molar-refractivity contribution < 1.29 is 13.7 Å². The van der Waals surface area contributed by atoms with E-state index in [1.54, 1.807) is 24.1 Å². The Hall–Kier alpha value is -2.41. The summed E-state index contributed by atoms with van der Waals surface area (Å²) >= 11 is 3.19. The lowest BCUT2D eigenvalue weighted by molar-refractivity contribution is 0.0763. The molecule has 6 nitrogen and oxygen atoms in total. The van der Waals surface area contributed by atoms with Gasteiger partial charge >= 0.3 is 0 Å². The fraction of sp³-hybridized carbons (Fsp3) is 0.235. The van der Waals surface area contributed by atoms with Gasteiger partial charge in [0.25, 0.3) is 11.8 Å². The minimum atomic E-state index is -0.192. The zero-order chi connectivity index (χ0) is 17.1. The number of carbonyl (C=O) groups is 1. The Kier molecular flexibility index (Phi) is 4.80. The molecular weight excluding hydrogens is 374 g/mol. The standard InChI is InChI=1S/C17H16BrN3O3/c1-11-4-3-5-12(10-11)16-19-15(20-24-16)8-9-21(2)17(22)13-6-7-14(18)23-13/h3-7,10H,8-9H2,1-2H3. The molecule has 0 saturated heterocycles. The van der Waals surface area contributed by atoms with E-state index in [2.05, 4.69) is 26.1 Å². The maximum absolute atomic E-state index is 12.2. The minimum Gasteiger partial charge on any atom is -0.444 e. The van der Waals surface area contributed by atoms with E-state index in [0.29, 0.717) is 29.4 Å². The van der Waals surface area contributed by atoms with Crippen LogP contribution in [0.4, 0.5) is 0 Å². The molecule has 0 spiro atoms. The van der Waals surface area contributed by atoms with Crippen molar-refractivity contribution in [1.29, 1.82) is 0 Å². The van der Waals surface area contributed by atoms with Crippen molar-refractivity contribution >= 4 is 21.8 Å². The van der Waals surface area contributed by atoms with E-state index in [1.807, 2.05) is 31.2 Å². The van der Waals surface area contributed by atoms with Gasteiger partial charge in [-0.25, -0.2) is 0 Å². The molecule has 7 heteroatoms. The van der Waals surface area contributed by atoms with Gasteiger partial charge in [0.05, 0.1) is 0 Å². The van der Waals surface area contributed by atoms with Gasteiger partial charge in [0.2, 0.25) is 0 Å². The second-order valence-electron chi connectivity index (χ2n) is 5.47. The highest BCUT2D eigenvalue weighted by atomic mass is 79.9. The summed E-state index contributed by atoms with van der Waals surface area (Å²) in [5.41, 5.74) is 2.01. The van der Waals surface area contributed by atoms with E-state index in [0.717, 1.165) is 11.1 Å². The first-order valence-electron chi connectivity index (χ1n) is 7.43. The van der Waals surface area contributed by atoms with E-state index in [1.165, 1.54) is 0 Å². The molecule has 0 aliphatic heterocycles. The zero-order valence-electron chi connectivity index (χ0n) is 13.3. The van der Waals surface area contributed by atoms with Gasteiger partial charge in [0.1, 0.15) is 0 Å². The summed E-state index contributed by atoms with van der Waals surface area (Å²) in [7, 11) is 1.71. The fourth-order valence-corrected chi connectivity index (χ4v) is 2.54. The van der Waals surface area contributed by atoms with Gasteiger partial charge in [-0.15, -0.1) is 0 Å². The Bertz CT molecular complexity index is 856. The monoisotopic (exact) mass is 389 g/mol. The van der Waals surface area contributed by atoms with Crippen molar-refractivity contribution in [2.75, 3.05) is 13.6 Å². The second kappa shape index (κ2) is 7.00. The number of carbonyl (C=O) groups excluding carboxylic acids is 1. The molecule has 2 heterocycles. The second-order valence-corrected chi connectivity index (χ2v) is 6.25. The lowest BCUT2D eigenvalue weighted by Crippen LogP contribution is -2.28. The number of benzene rings is 1. The summed E-state index contributed by atoms with van der Waals surface area (Å²) in [6.45, 7) is 2.47. The largest absolute Gasteiger partial charge is 0.444 e. The number of rotatable bonds is 5. The predicted octanol–water partition coefficient (Wildman–Crippen LogP) is 3.72. The molecule has 1 amide bonds. The van der Waals surface area contributed by atoms with Crippen LogP contribution in [0.2, 0.25) is 0 Å². The molecule has 124 valence electrons. The van der Waals surface area contributed by atoms with Crippen molar-refractivity contribution in [3.63, 3.8) is 0 Å². The van der Waals surface area contributed by atoms with Crippen molar-refractivity contribution in [3.05, 3.63) is 58.2 Å². The normalized spacial score (nSPS) is 10.8. The Balaban J connectivity index is 1.62. The van der Waals surface area contributed by atoms with Gasteiger partial charge in [-0.1, -0.05) is 22.9 Å². The molecule has 1 aromatic carbocycles. The predicted molar refractivity (Wildman–Crippen MR) is 91.5 cm³/mol. The lowest BCUT2D eigenvalue weighted by atomic mass is 10.1. The highest BCUT2D eigenvalue weighted by Crippen LogP contribution is 2.19. The summed E-state index contributed by atoms with van der Waals surface area (Å²) < 4.78 is 11.1. The molecule has 0 radical (unpaired) electrons. The van der Waals surface area contributed by atoms with Crippen LogP contribution in [-0.2, 0) is 6.42 Å². The number of aromatic nitrogens is 2. The highest BCUT2D eigenvalue weighted by molar-refractivity contribution is 9.10. The minimum absolute atomic E-state index is 0.192. The summed E-state index contributed by atoms with van der Waals surface area (Å²) in [5, 5.41) is 3.98. The number of halogens is 1. The number of furan rings is 1. The van der Waals surface area contributed by atoms with Crippen LogP contribution in [0.15, 0.2) is 50.0 Å². The fourth-order valence-electron chi connectivity index (χ4n) is 2.24. The maximum atomic E-state index is 12.2. The van der Waals surface area contributed by atoms with Gasteiger partial charge in [-0.3, -0.25) is 4.79 Å². The van der Waals surface area contributed by atoms with E-state index < -0.39 is 0 Å². The molecule has 0 unspecified atom stereocenters. The average Bonchev–Trinajstić information content (AvgIpc) is 3.21. The Labute approximate surface area is 147 Å². The first-order chi connectivity index (χ1) is 11.5. The summed E-state index contributed by atoms with van der Waals surface area (Å²) in [5.74, 6) is 1.14. The first kappa shape index (κ1) is 16.4. The molecule has 0 aliphatic carbocycles. The van der Waals surface area contributed by atoms with Crippen LogP contribution < -0.4 is 0 Å². The molecule has 0 bridgehead atoms. The van der Waals surface area contributed by atoms with Crippen LogP contribution in [0.25, 0.3) is 11.5 Å². The molecule has 2 aromatic heterocycles. The molecule has 0 saturated carbocycles. The van der Waals surface area contributed by atoms with E-state index >= 15 is 0 Å². The molecule has 0 fully saturated rings. The van der Waals surface area contributed by atoms with Crippen LogP contribution in [0, 0.1) is 6.92 Å². The smallest absolute Gasteiger partial charge is 0.289 e. The van der Waals surface area contributed by atoms with Gasteiger partial charge in [0.15, 0.2) is 16.3 Å². The number of nitrogens with zero attached hydrogens (tertiary/aromatic N) is 3. The Morgan fingerprint density at radius 1 is 1.29 bits per heavy atom. The topological polar surface area (TPSA) is 72.4 Å². The quantitative estimate of drug-likeness (QED) is 0.664. The van der Waals surface area contributed by atoms with Crippen LogP contribution in [0.5, 0.6) is 0 Å². The van der Waals surface area contributed by atoms with Crippen molar-refractivity contribution in [1.82, 2.24) is 15.0 Å². The van der Waals surface area contributed by atoms with Crippen LogP contribution >= 0.6 is 15.9 Å². The average molecular weight is 390 g/mol. The highest BCUT2D eigenvalue weighted by Gasteiger charge is 2.17. The zero-order valence-corrected chi connectivity index (χ0v) is 14.9. The van der Waals surface area contributed by atoms with Crippen LogP contribution in [-0.4, -0.2) is 34.5 Å². The number of likely N-dealkylation sites (N-methyl/N-ethyl adjacent to an activating group) is 1. The third-order valence-corrected chi connectivity index (χ3v) is 3.96. The lowest BCUT2D eigenvalue weighted by Gasteiger charge is -2.14. The first-order valence-corrected chi connectivity index (χ1v) is 8.22. The van der Waals surface area contributed by atoms with E-state index in [4.69, 9.17) is 8.94 Å². The molecular formula is C17H16BrN3O3. The van der Waals surface area contributed by atoms with Gasteiger partial charge in [-0.05, 0) is 47.1 Å².